The van der Waals surface area contributed by atoms with E-state index in [1.54, 1.807) is 30.3 Å². The summed E-state index contributed by atoms with van der Waals surface area (Å²) in [6.45, 7) is 2.28. The number of rotatable bonds is 5. The number of thiocarbonyl (C=S) groups is 1. The lowest BCUT2D eigenvalue weighted by atomic mass is 10.2. The zero-order chi connectivity index (χ0) is 24.4. The van der Waals surface area contributed by atoms with Crippen LogP contribution in [0.3, 0.4) is 0 Å². The molecule has 0 saturated carbocycles. The number of nitrogens with zero attached hydrogens (tertiary/aromatic N) is 1. The number of hydrogen-bond donors (Lipinski definition) is 2. The summed E-state index contributed by atoms with van der Waals surface area (Å²) in [6.07, 6.45) is 0. The van der Waals surface area contributed by atoms with Crippen molar-refractivity contribution in [1.82, 2.24) is 10.3 Å². The van der Waals surface area contributed by atoms with Crippen molar-refractivity contribution in [3.8, 4) is 17.2 Å². The Balaban J connectivity index is 1.48. The third-order valence-corrected chi connectivity index (χ3v) is 5.42. The lowest BCUT2D eigenvalue weighted by Gasteiger charge is -2.11. The molecule has 0 aliphatic rings. The molecule has 1 amide bonds. The Bertz CT molecular complexity index is 1430. The molecule has 4 rings (SSSR count). The number of fused-ring (bicyclic) bond motifs is 1. The molecule has 0 aliphatic carbocycles. The number of anilines is 1. The van der Waals surface area contributed by atoms with E-state index in [0.717, 1.165) is 12.1 Å². The Morgan fingerprint density at radius 3 is 2.59 bits per heavy atom. The van der Waals surface area contributed by atoms with Crippen molar-refractivity contribution in [3.63, 3.8) is 0 Å². The van der Waals surface area contributed by atoms with Crippen molar-refractivity contribution in [3.05, 3.63) is 75.8 Å². The molecule has 0 saturated heterocycles. The highest BCUT2D eigenvalue weighted by Crippen LogP contribution is 2.32. The number of oxazole rings is 1. The van der Waals surface area contributed by atoms with Crippen molar-refractivity contribution in [1.29, 1.82) is 0 Å². The zero-order valence-corrected chi connectivity index (χ0v) is 19.7. The van der Waals surface area contributed by atoms with Gasteiger partial charge in [-0.3, -0.25) is 10.1 Å². The number of amides is 1. The van der Waals surface area contributed by atoms with Gasteiger partial charge in [0.2, 0.25) is 5.89 Å². The minimum Gasteiger partial charge on any atom is -0.492 e. The first-order valence-electron chi connectivity index (χ1n) is 9.85. The van der Waals surface area contributed by atoms with Crippen LogP contribution in [-0.2, 0) is 0 Å². The second-order valence-electron chi connectivity index (χ2n) is 6.93. The van der Waals surface area contributed by atoms with Crippen LogP contribution in [0.1, 0.15) is 17.3 Å². The topological polar surface area (TPSA) is 76.4 Å². The van der Waals surface area contributed by atoms with Gasteiger partial charge in [-0.05, 0) is 67.7 Å². The van der Waals surface area contributed by atoms with Gasteiger partial charge >= 0.3 is 0 Å². The summed E-state index contributed by atoms with van der Waals surface area (Å²) in [5.41, 5.74) is 1.73. The molecule has 0 fully saturated rings. The largest absolute Gasteiger partial charge is 0.492 e. The first-order valence-corrected chi connectivity index (χ1v) is 11.0. The Morgan fingerprint density at radius 1 is 1.09 bits per heavy atom. The SMILES string of the molecule is CCOc1ccc(C(=O)NC(=S)Nc2ccc3oc(-c4cc(F)c(F)cc4Cl)nc3c2)cc1Cl. The maximum atomic E-state index is 13.6. The van der Waals surface area contributed by atoms with E-state index in [4.69, 9.17) is 44.6 Å². The van der Waals surface area contributed by atoms with Gasteiger partial charge in [0.1, 0.15) is 11.3 Å². The molecular formula is C23H15Cl2F2N3O3S. The fourth-order valence-electron chi connectivity index (χ4n) is 3.06. The predicted molar refractivity (Wildman–Crippen MR) is 131 cm³/mol. The Hall–Kier alpha value is -3.27. The van der Waals surface area contributed by atoms with Crippen molar-refractivity contribution in [2.45, 2.75) is 6.92 Å². The van der Waals surface area contributed by atoms with E-state index in [-0.39, 0.29) is 21.6 Å². The van der Waals surface area contributed by atoms with Gasteiger partial charge < -0.3 is 14.5 Å². The highest BCUT2D eigenvalue weighted by molar-refractivity contribution is 7.80. The van der Waals surface area contributed by atoms with Gasteiger partial charge in [0.25, 0.3) is 5.91 Å². The summed E-state index contributed by atoms with van der Waals surface area (Å²) in [6, 6.07) is 11.3. The normalized spacial score (nSPS) is 10.9. The van der Waals surface area contributed by atoms with Crippen LogP contribution in [0.15, 0.2) is 52.9 Å². The maximum absolute atomic E-state index is 13.6. The number of benzene rings is 3. The molecule has 1 heterocycles. The zero-order valence-electron chi connectivity index (χ0n) is 17.4. The minimum absolute atomic E-state index is 0.0271. The molecule has 1 aromatic heterocycles. The Morgan fingerprint density at radius 2 is 1.85 bits per heavy atom. The molecule has 2 N–H and O–H groups in total. The third-order valence-electron chi connectivity index (χ3n) is 4.61. The van der Waals surface area contributed by atoms with Gasteiger partial charge in [-0.2, -0.15) is 0 Å². The smallest absolute Gasteiger partial charge is 0.257 e. The number of carbonyl (C=O) groups is 1. The summed E-state index contributed by atoms with van der Waals surface area (Å²) in [7, 11) is 0. The van der Waals surface area contributed by atoms with Gasteiger partial charge in [-0.25, -0.2) is 13.8 Å². The van der Waals surface area contributed by atoms with Gasteiger partial charge in [0.05, 0.1) is 22.2 Å². The van der Waals surface area contributed by atoms with Gasteiger partial charge in [-0.15, -0.1) is 0 Å². The van der Waals surface area contributed by atoms with Crippen molar-refractivity contribution in [2.24, 2.45) is 0 Å². The molecular weight excluding hydrogens is 507 g/mol. The standard InChI is InChI=1S/C23H15Cl2F2N3O3S/c1-2-32-19-5-3-11(7-15(19)25)21(31)30-23(34)28-12-4-6-20-18(8-12)29-22(33-20)13-9-16(26)17(27)10-14(13)24/h3-10H,2H2,1H3,(H2,28,30,31,34). The summed E-state index contributed by atoms with van der Waals surface area (Å²) < 4.78 is 38.0. The minimum atomic E-state index is -1.07. The second-order valence-corrected chi connectivity index (χ2v) is 8.16. The average molecular weight is 522 g/mol. The summed E-state index contributed by atoms with van der Waals surface area (Å²) in [5.74, 6) is -2.09. The van der Waals surface area contributed by atoms with Crippen LogP contribution < -0.4 is 15.4 Å². The first-order chi connectivity index (χ1) is 16.2. The number of nitrogens with one attached hydrogen (secondary N) is 2. The second kappa shape index (κ2) is 9.92. The lowest BCUT2D eigenvalue weighted by molar-refractivity contribution is 0.0977. The number of hydrogen-bond acceptors (Lipinski definition) is 5. The number of carbonyl (C=O) groups excluding carboxylic acids is 1. The van der Waals surface area contributed by atoms with Gasteiger partial charge in [0, 0.05) is 11.3 Å². The highest BCUT2D eigenvalue weighted by Gasteiger charge is 2.16. The molecule has 174 valence electrons. The molecule has 4 aromatic rings. The van der Waals surface area contributed by atoms with Crippen molar-refractivity contribution < 1.29 is 22.7 Å². The molecule has 34 heavy (non-hydrogen) atoms. The number of ether oxygens (including phenoxy) is 1. The Kier molecular flexibility index (Phi) is 6.97. The molecule has 0 spiro atoms. The van der Waals surface area contributed by atoms with Crippen molar-refractivity contribution >= 4 is 63.2 Å². The maximum Gasteiger partial charge on any atom is 0.257 e. The summed E-state index contributed by atoms with van der Waals surface area (Å²) >= 11 is 17.4. The van der Waals surface area contributed by atoms with E-state index in [1.807, 2.05) is 6.92 Å². The van der Waals surface area contributed by atoms with Crippen LogP contribution in [0.5, 0.6) is 5.75 Å². The van der Waals surface area contributed by atoms with E-state index in [2.05, 4.69) is 15.6 Å². The van der Waals surface area contributed by atoms with Crippen LogP contribution in [0.25, 0.3) is 22.6 Å². The fraction of sp³-hybridized carbons (Fsp3) is 0.0870. The fourth-order valence-corrected chi connectivity index (χ4v) is 3.74. The predicted octanol–water partition coefficient (Wildman–Crippen LogP) is 6.61. The Labute approximate surface area is 207 Å². The monoisotopic (exact) mass is 521 g/mol. The molecule has 3 aromatic carbocycles. The van der Waals surface area contributed by atoms with Crippen LogP contribution in [-0.4, -0.2) is 22.6 Å². The van der Waals surface area contributed by atoms with E-state index in [0.29, 0.717) is 39.7 Å². The lowest BCUT2D eigenvalue weighted by Crippen LogP contribution is -2.34. The van der Waals surface area contributed by atoms with E-state index >= 15 is 0 Å². The molecule has 0 unspecified atom stereocenters. The van der Waals surface area contributed by atoms with Crippen LogP contribution in [0, 0.1) is 11.6 Å². The first kappa shape index (κ1) is 23.9. The summed E-state index contributed by atoms with van der Waals surface area (Å²) in [5, 5.41) is 5.76. The van der Waals surface area contributed by atoms with Crippen LogP contribution >= 0.6 is 35.4 Å². The van der Waals surface area contributed by atoms with Crippen LogP contribution in [0.2, 0.25) is 10.0 Å². The number of halogens is 4. The quantitative estimate of drug-likeness (QED) is 0.227. The average Bonchev–Trinajstić information content (AvgIpc) is 3.20. The molecule has 0 bridgehead atoms. The highest BCUT2D eigenvalue weighted by atomic mass is 35.5. The third kappa shape index (κ3) is 5.11. The summed E-state index contributed by atoms with van der Waals surface area (Å²) in [4.78, 5) is 16.8. The molecule has 0 atom stereocenters. The molecule has 0 radical (unpaired) electrons. The molecule has 0 aliphatic heterocycles. The van der Waals surface area contributed by atoms with E-state index in [1.165, 1.54) is 6.07 Å². The molecule has 11 heteroatoms. The molecule has 6 nitrogen and oxygen atoms in total. The van der Waals surface area contributed by atoms with Gasteiger partial charge in [-0.1, -0.05) is 23.2 Å². The van der Waals surface area contributed by atoms with Crippen LogP contribution in [0.4, 0.5) is 14.5 Å². The van der Waals surface area contributed by atoms with E-state index < -0.39 is 17.5 Å². The van der Waals surface area contributed by atoms with Gasteiger partial charge in [0.15, 0.2) is 22.3 Å². The van der Waals surface area contributed by atoms with E-state index in [9.17, 15) is 13.6 Å². The van der Waals surface area contributed by atoms with Crippen molar-refractivity contribution in [2.75, 3.05) is 11.9 Å². The number of aromatic nitrogens is 1.